The number of piperidine rings is 1. The van der Waals surface area contributed by atoms with Crippen LogP contribution in [-0.2, 0) is 0 Å². The zero-order chi connectivity index (χ0) is 14.9. The van der Waals surface area contributed by atoms with Gasteiger partial charge in [-0.3, -0.25) is 0 Å². The second kappa shape index (κ2) is 9.84. The lowest BCUT2D eigenvalue weighted by Gasteiger charge is -2.35. The Hall–Kier alpha value is -0.0800. The van der Waals surface area contributed by atoms with Crippen LogP contribution >= 0.6 is 0 Å². The Morgan fingerprint density at radius 1 is 0.857 bits per heavy atom. The Labute approximate surface area is 133 Å². The molecule has 0 spiro atoms. The van der Waals surface area contributed by atoms with Gasteiger partial charge in [-0.1, -0.05) is 39.5 Å². The van der Waals surface area contributed by atoms with Gasteiger partial charge in [-0.2, -0.15) is 0 Å². The van der Waals surface area contributed by atoms with Gasteiger partial charge in [-0.05, 0) is 70.0 Å². The Bertz CT molecular complexity index is 260. The van der Waals surface area contributed by atoms with Gasteiger partial charge in [0.25, 0.3) is 0 Å². The topological polar surface area (TPSA) is 15.3 Å². The van der Waals surface area contributed by atoms with Crippen LogP contribution in [-0.4, -0.2) is 37.1 Å². The summed E-state index contributed by atoms with van der Waals surface area (Å²) in [6.45, 7) is 9.89. The third kappa shape index (κ3) is 5.90. The first-order valence-corrected chi connectivity index (χ1v) is 9.78. The molecule has 0 aromatic heterocycles. The fourth-order valence-corrected chi connectivity index (χ4v) is 4.53. The first-order chi connectivity index (χ1) is 10.3. The lowest BCUT2D eigenvalue weighted by atomic mass is 9.94. The van der Waals surface area contributed by atoms with Crippen molar-refractivity contribution in [2.75, 3.05) is 26.2 Å². The molecule has 2 atom stereocenters. The molecule has 124 valence electrons. The van der Waals surface area contributed by atoms with E-state index in [4.69, 9.17) is 0 Å². The maximum absolute atomic E-state index is 3.51. The van der Waals surface area contributed by atoms with Crippen molar-refractivity contribution in [3.05, 3.63) is 0 Å². The fourth-order valence-electron chi connectivity index (χ4n) is 4.53. The molecule has 2 aliphatic rings. The highest BCUT2D eigenvalue weighted by atomic mass is 15.2. The van der Waals surface area contributed by atoms with Gasteiger partial charge in [0.1, 0.15) is 0 Å². The van der Waals surface area contributed by atoms with Crippen LogP contribution in [0.1, 0.15) is 78.1 Å². The van der Waals surface area contributed by atoms with Crippen molar-refractivity contribution in [3.63, 3.8) is 0 Å². The van der Waals surface area contributed by atoms with Crippen molar-refractivity contribution >= 4 is 0 Å². The summed E-state index contributed by atoms with van der Waals surface area (Å²) in [6.07, 6.45) is 14.3. The number of hydrogen-bond donors (Lipinski definition) is 1. The van der Waals surface area contributed by atoms with Gasteiger partial charge in [0.2, 0.25) is 0 Å². The van der Waals surface area contributed by atoms with Gasteiger partial charge < -0.3 is 10.2 Å². The second-order valence-electron chi connectivity index (χ2n) is 7.51. The summed E-state index contributed by atoms with van der Waals surface area (Å²) in [6, 6.07) is 0.890. The third-order valence-corrected chi connectivity index (χ3v) is 5.73. The van der Waals surface area contributed by atoms with Crippen molar-refractivity contribution in [1.82, 2.24) is 10.2 Å². The molecule has 1 aliphatic heterocycles. The van der Waals surface area contributed by atoms with Gasteiger partial charge in [-0.25, -0.2) is 0 Å². The molecule has 2 heteroatoms. The molecule has 0 radical (unpaired) electrons. The van der Waals surface area contributed by atoms with Crippen molar-refractivity contribution in [2.45, 2.75) is 84.1 Å². The Morgan fingerprint density at radius 3 is 2.38 bits per heavy atom. The van der Waals surface area contributed by atoms with Crippen LogP contribution in [0.5, 0.6) is 0 Å². The van der Waals surface area contributed by atoms with Crippen LogP contribution < -0.4 is 5.32 Å². The fraction of sp³-hybridized carbons (Fsp3) is 1.00. The predicted molar refractivity (Wildman–Crippen MR) is 92.7 cm³/mol. The minimum Gasteiger partial charge on any atom is -0.317 e. The molecule has 0 aromatic carbocycles. The van der Waals surface area contributed by atoms with Gasteiger partial charge in [0.15, 0.2) is 0 Å². The number of hydrogen-bond acceptors (Lipinski definition) is 2. The summed E-state index contributed by atoms with van der Waals surface area (Å²) in [5.74, 6) is 1.98. The molecule has 1 saturated heterocycles. The molecular formula is C19H38N2. The Kier molecular flexibility index (Phi) is 8.10. The van der Waals surface area contributed by atoms with Crippen LogP contribution in [0.3, 0.4) is 0 Å². The Balaban J connectivity index is 1.84. The first kappa shape index (κ1) is 17.3. The van der Waals surface area contributed by atoms with E-state index in [2.05, 4.69) is 24.1 Å². The normalized spacial score (nSPS) is 28.7. The largest absolute Gasteiger partial charge is 0.317 e. The maximum atomic E-state index is 3.51. The van der Waals surface area contributed by atoms with E-state index in [1.807, 2.05) is 0 Å². The first-order valence-electron chi connectivity index (χ1n) is 9.78. The van der Waals surface area contributed by atoms with Crippen molar-refractivity contribution in [2.24, 2.45) is 11.8 Å². The summed E-state index contributed by atoms with van der Waals surface area (Å²) < 4.78 is 0. The summed E-state index contributed by atoms with van der Waals surface area (Å²) in [5, 5.41) is 3.51. The van der Waals surface area contributed by atoms with Crippen molar-refractivity contribution in [3.8, 4) is 0 Å². The van der Waals surface area contributed by atoms with E-state index in [9.17, 15) is 0 Å². The van der Waals surface area contributed by atoms with E-state index in [0.717, 1.165) is 17.9 Å². The monoisotopic (exact) mass is 294 g/mol. The molecule has 2 rings (SSSR count). The maximum Gasteiger partial charge on any atom is 0.00954 e. The molecule has 1 heterocycles. The summed E-state index contributed by atoms with van der Waals surface area (Å²) in [4.78, 5) is 2.88. The van der Waals surface area contributed by atoms with Crippen molar-refractivity contribution < 1.29 is 0 Å². The summed E-state index contributed by atoms with van der Waals surface area (Å²) in [5.41, 5.74) is 0. The molecule has 2 fully saturated rings. The summed E-state index contributed by atoms with van der Waals surface area (Å²) in [7, 11) is 0. The number of rotatable bonds is 7. The average Bonchev–Trinajstić information content (AvgIpc) is 2.74. The van der Waals surface area contributed by atoms with Crippen LogP contribution in [0, 0.1) is 11.8 Å². The molecule has 1 saturated carbocycles. The van der Waals surface area contributed by atoms with Crippen LogP contribution in [0.4, 0.5) is 0 Å². The molecule has 1 N–H and O–H groups in total. The smallest absolute Gasteiger partial charge is 0.00954 e. The van der Waals surface area contributed by atoms with Gasteiger partial charge in [-0.15, -0.1) is 0 Å². The molecular weight excluding hydrogens is 256 g/mol. The van der Waals surface area contributed by atoms with E-state index in [1.54, 1.807) is 0 Å². The number of nitrogens with zero attached hydrogens (tertiary/aromatic N) is 1. The predicted octanol–water partition coefficient (Wildman–Crippen LogP) is 4.45. The van der Waals surface area contributed by atoms with Crippen LogP contribution in [0.2, 0.25) is 0 Å². The van der Waals surface area contributed by atoms with E-state index < -0.39 is 0 Å². The van der Waals surface area contributed by atoms with Gasteiger partial charge in [0, 0.05) is 12.6 Å². The molecule has 0 amide bonds. The highest BCUT2D eigenvalue weighted by Gasteiger charge is 2.25. The summed E-state index contributed by atoms with van der Waals surface area (Å²) >= 11 is 0. The third-order valence-electron chi connectivity index (χ3n) is 5.73. The average molecular weight is 295 g/mol. The van der Waals surface area contributed by atoms with E-state index in [1.165, 1.54) is 90.4 Å². The highest BCUT2D eigenvalue weighted by Crippen LogP contribution is 2.30. The van der Waals surface area contributed by atoms with E-state index >= 15 is 0 Å². The molecule has 2 unspecified atom stereocenters. The van der Waals surface area contributed by atoms with Crippen molar-refractivity contribution in [1.29, 1.82) is 0 Å². The highest BCUT2D eigenvalue weighted by molar-refractivity contribution is 4.81. The Morgan fingerprint density at radius 2 is 1.67 bits per heavy atom. The SMILES string of the molecule is CCCC1CCCC(N(CCC)CC2CCNCC2)CC1. The molecule has 0 aromatic rings. The molecule has 2 nitrogen and oxygen atoms in total. The minimum atomic E-state index is 0.890. The lowest BCUT2D eigenvalue weighted by Crippen LogP contribution is -2.42. The zero-order valence-corrected chi connectivity index (χ0v) is 14.6. The number of nitrogens with one attached hydrogen (secondary N) is 1. The zero-order valence-electron chi connectivity index (χ0n) is 14.6. The van der Waals surface area contributed by atoms with Crippen LogP contribution in [0.15, 0.2) is 0 Å². The minimum absolute atomic E-state index is 0.890. The van der Waals surface area contributed by atoms with Gasteiger partial charge >= 0.3 is 0 Å². The van der Waals surface area contributed by atoms with Crippen LogP contribution in [0.25, 0.3) is 0 Å². The lowest BCUT2D eigenvalue weighted by molar-refractivity contribution is 0.138. The quantitative estimate of drug-likeness (QED) is 0.698. The standard InChI is InChI=1S/C19H38N2/c1-3-6-17-7-5-8-19(10-9-17)21(15-4-2)16-18-11-13-20-14-12-18/h17-20H,3-16H2,1-2H3. The molecule has 0 bridgehead atoms. The van der Waals surface area contributed by atoms with E-state index in [-0.39, 0.29) is 0 Å². The van der Waals surface area contributed by atoms with Gasteiger partial charge in [0.05, 0.1) is 0 Å². The second-order valence-corrected chi connectivity index (χ2v) is 7.51. The molecule has 21 heavy (non-hydrogen) atoms. The molecule has 1 aliphatic carbocycles. The van der Waals surface area contributed by atoms with E-state index in [0.29, 0.717) is 0 Å².